The molecule has 1 aromatic rings. The quantitative estimate of drug-likeness (QED) is 0.740. The molecule has 0 bridgehead atoms. The summed E-state index contributed by atoms with van der Waals surface area (Å²) in [6, 6.07) is 5.90. The minimum Gasteiger partial charge on any atom is -0.299 e. The average molecular weight is 278 g/mol. The highest BCUT2D eigenvalue weighted by Crippen LogP contribution is 2.27. The molecule has 3 rings (SSSR count). The zero-order valence-corrected chi connectivity index (χ0v) is 11.4. The molecule has 0 saturated heterocycles. The third-order valence-corrected chi connectivity index (χ3v) is 4.33. The first kappa shape index (κ1) is 12.8. The normalized spacial score (nSPS) is 24.4. The molecule has 1 unspecified atom stereocenters. The van der Waals surface area contributed by atoms with Gasteiger partial charge >= 0.3 is 0 Å². The van der Waals surface area contributed by atoms with Crippen molar-refractivity contribution < 1.29 is 9.59 Å². The Hall–Kier alpha value is -1.19. The van der Waals surface area contributed by atoms with Gasteiger partial charge in [0.05, 0.1) is 12.5 Å². The summed E-state index contributed by atoms with van der Waals surface area (Å²) in [6.07, 6.45) is 2.27. The molecule has 1 heterocycles. The molecule has 0 aromatic heterocycles. The molecule has 1 atom stereocenters. The molecule has 1 aliphatic carbocycles. The van der Waals surface area contributed by atoms with E-state index in [1.807, 2.05) is 12.1 Å². The number of hydrogen-bond acceptors (Lipinski definition) is 3. The second-order valence-electron chi connectivity index (χ2n) is 5.37. The summed E-state index contributed by atoms with van der Waals surface area (Å²) in [7, 11) is 0. The number of ketones is 2. The molecule has 100 valence electrons. The fraction of sp³-hybridized carbons (Fsp3) is 0.467. The van der Waals surface area contributed by atoms with E-state index < -0.39 is 0 Å². The van der Waals surface area contributed by atoms with E-state index in [1.54, 1.807) is 0 Å². The first-order valence-electron chi connectivity index (χ1n) is 6.69. The number of carbonyl (C=O) groups excluding carboxylic acids is 2. The van der Waals surface area contributed by atoms with Crippen LogP contribution in [-0.4, -0.2) is 29.1 Å². The Balaban J connectivity index is 1.78. The summed E-state index contributed by atoms with van der Waals surface area (Å²) in [5.74, 6) is 0.170. The topological polar surface area (TPSA) is 37.4 Å². The Morgan fingerprint density at radius 1 is 1.16 bits per heavy atom. The van der Waals surface area contributed by atoms with Crippen LogP contribution in [0.2, 0.25) is 5.02 Å². The number of carbonyl (C=O) groups is 2. The minimum absolute atomic E-state index is 0.0789. The van der Waals surface area contributed by atoms with Crippen molar-refractivity contribution in [3.63, 3.8) is 0 Å². The van der Waals surface area contributed by atoms with Crippen LogP contribution < -0.4 is 0 Å². The van der Waals surface area contributed by atoms with E-state index in [0.717, 1.165) is 24.5 Å². The molecule has 1 fully saturated rings. The lowest BCUT2D eigenvalue weighted by Crippen LogP contribution is -2.46. The van der Waals surface area contributed by atoms with Gasteiger partial charge in [-0.3, -0.25) is 14.5 Å². The van der Waals surface area contributed by atoms with Crippen LogP contribution in [0.3, 0.4) is 0 Å². The van der Waals surface area contributed by atoms with Crippen molar-refractivity contribution >= 4 is 23.2 Å². The van der Waals surface area contributed by atoms with Crippen molar-refractivity contribution in [1.82, 2.24) is 4.90 Å². The van der Waals surface area contributed by atoms with Crippen molar-refractivity contribution in [3.8, 4) is 0 Å². The molecular formula is C15H16ClNO2. The lowest BCUT2D eigenvalue weighted by atomic mass is 9.89. The van der Waals surface area contributed by atoms with Crippen LogP contribution in [0.1, 0.15) is 30.4 Å². The van der Waals surface area contributed by atoms with Crippen LogP contribution >= 0.6 is 11.6 Å². The molecule has 1 aliphatic heterocycles. The second-order valence-corrected chi connectivity index (χ2v) is 5.81. The van der Waals surface area contributed by atoms with Gasteiger partial charge in [-0.25, -0.2) is 0 Å². The van der Waals surface area contributed by atoms with Crippen molar-refractivity contribution in [2.45, 2.75) is 38.3 Å². The molecule has 0 amide bonds. The maximum atomic E-state index is 12.0. The van der Waals surface area contributed by atoms with Crippen LogP contribution in [-0.2, 0) is 22.6 Å². The van der Waals surface area contributed by atoms with Gasteiger partial charge in [-0.15, -0.1) is 0 Å². The van der Waals surface area contributed by atoms with Crippen molar-refractivity contribution in [1.29, 1.82) is 0 Å². The monoisotopic (exact) mass is 277 g/mol. The molecule has 0 spiro atoms. The zero-order valence-electron chi connectivity index (χ0n) is 10.7. The van der Waals surface area contributed by atoms with Gasteiger partial charge < -0.3 is 0 Å². The highest BCUT2D eigenvalue weighted by molar-refractivity contribution is 6.30. The molecule has 19 heavy (non-hydrogen) atoms. The molecule has 1 aromatic carbocycles. The van der Waals surface area contributed by atoms with Gasteiger partial charge in [0, 0.05) is 24.5 Å². The maximum Gasteiger partial charge on any atom is 0.157 e. The van der Waals surface area contributed by atoms with E-state index >= 15 is 0 Å². The van der Waals surface area contributed by atoms with Crippen LogP contribution in [0.15, 0.2) is 18.2 Å². The molecule has 0 radical (unpaired) electrons. The fourth-order valence-corrected chi connectivity index (χ4v) is 3.25. The Bertz CT molecular complexity index is 541. The number of fused-ring (bicyclic) bond motifs is 1. The van der Waals surface area contributed by atoms with Crippen LogP contribution in [0.4, 0.5) is 0 Å². The number of halogens is 1. The van der Waals surface area contributed by atoms with Gasteiger partial charge in [0.1, 0.15) is 5.78 Å². The predicted octanol–water partition coefficient (Wildman–Crippen LogP) is 2.39. The fourth-order valence-electron chi connectivity index (χ4n) is 3.06. The van der Waals surface area contributed by atoms with E-state index in [2.05, 4.69) is 11.0 Å². The molecule has 1 saturated carbocycles. The lowest BCUT2D eigenvalue weighted by Gasteiger charge is -2.36. The van der Waals surface area contributed by atoms with Gasteiger partial charge in [0.15, 0.2) is 5.78 Å². The highest BCUT2D eigenvalue weighted by atomic mass is 35.5. The minimum atomic E-state index is -0.0789. The molecule has 2 aliphatic rings. The SMILES string of the molecule is O=C1CCC(N2CCc3ccc(Cl)cc3C2)C(=O)C1. The Morgan fingerprint density at radius 2 is 2.00 bits per heavy atom. The lowest BCUT2D eigenvalue weighted by molar-refractivity contribution is -0.134. The summed E-state index contributed by atoms with van der Waals surface area (Å²) < 4.78 is 0. The summed E-state index contributed by atoms with van der Waals surface area (Å²) in [6.45, 7) is 1.65. The van der Waals surface area contributed by atoms with E-state index in [9.17, 15) is 9.59 Å². The Labute approximate surface area is 117 Å². The van der Waals surface area contributed by atoms with Crippen molar-refractivity contribution in [2.75, 3.05) is 6.54 Å². The van der Waals surface area contributed by atoms with Crippen LogP contribution in [0.5, 0.6) is 0 Å². The highest BCUT2D eigenvalue weighted by Gasteiger charge is 2.33. The van der Waals surface area contributed by atoms with Gasteiger partial charge in [0.2, 0.25) is 0 Å². The van der Waals surface area contributed by atoms with Gasteiger partial charge in [-0.1, -0.05) is 17.7 Å². The first-order valence-corrected chi connectivity index (χ1v) is 7.07. The number of Topliss-reactive ketones (excluding diaryl/α,β-unsaturated/α-hetero) is 2. The van der Waals surface area contributed by atoms with Crippen LogP contribution in [0.25, 0.3) is 0 Å². The zero-order chi connectivity index (χ0) is 13.4. The third kappa shape index (κ3) is 2.58. The second kappa shape index (κ2) is 5.06. The third-order valence-electron chi connectivity index (χ3n) is 4.09. The van der Waals surface area contributed by atoms with E-state index in [-0.39, 0.29) is 24.0 Å². The number of benzene rings is 1. The standard InChI is InChI=1S/C15H16ClNO2/c16-12-2-1-10-5-6-17(9-11(10)7-12)14-4-3-13(18)8-15(14)19/h1-2,7,14H,3-6,8-9H2. The van der Waals surface area contributed by atoms with Gasteiger partial charge in [-0.05, 0) is 36.1 Å². The van der Waals surface area contributed by atoms with E-state index in [4.69, 9.17) is 11.6 Å². The molecule has 3 nitrogen and oxygen atoms in total. The predicted molar refractivity (Wildman–Crippen MR) is 73.2 cm³/mol. The Kier molecular flexibility index (Phi) is 3.42. The largest absolute Gasteiger partial charge is 0.299 e. The van der Waals surface area contributed by atoms with Gasteiger partial charge in [0.25, 0.3) is 0 Å². The van der Waals surface area contributed by atoms with Gasteiger partial charge in [-0.2, -0.15) is 0 Å². The van der Waals surface area contributed by atoms with Crippen LogP contribution in [0, 0.1) is 0 Å². The number of hydrogen-bond donors (Lipinski definition) is 0. The van der Waals surface area contributed by atoms with E-state index in [1.165, 1.54) is 11.1 Å². The maximum absolute atomic E-state index is 12.0. The van der Waals surface area contributed by atoms with Crippen molar-refractivity contribution in [3.05, 3.63) is 34.3 Å². The summed E-state index contributed by atoms with van der Waals surface area (Å²) in [5, 5.41) is 0.741. The molecule has 0 N–H and O–H groups in total. The number of nitrogens with zero attached hydrogens (tertiary/aromatic N) is 1. The smallest absolute Gasteiger partial charge is 0.157 e. The average Bonchev–Trinajstić information content (AvgIpc) is 2.38. The summed E-state index contributed by atoms with van der Waals surface area (Å²) in [4.78, 5) is 25.5. The molecule has 4 heteroatoms. The first-order chi connectivity index (χ1) is 9.13. The van der Waals surface area contributed by atoms with E-state index in [0.29, 0.717) is 12.8 Å². The summed E-state index contributed by atoms with van der Waals surface area (Å²) in [5.41, 5.74) is 2.53. The molecular weight excluding hydrogens is 262 g/mol. The Morgan fingerprint density at radius 3 is 2.79 bits per heavy atom. The van der Waals surface area contributed by atoms with Crippen molar-refractivity contribution in [2.24, 2.45) is 0 Å². The number of rotatable bonds is 1. The summed E-state index contributed by atoms with van der Waals surface area (Å²) >= 11 is 6.03.